The van der Waals surface area contributed by atoms with Gasteiger partial charge in [-0.1, -0.05) is 50.6 Å². The van der Waals surface area contributed by atoms with Gasteiger partial charge in [-0.25, -0.2) is 4.79 Å². The molecule has 17 heavy (non-hydrogen) atoms. The van der Waals surface area contributed by atoms with Gasteiger partial charge in [0.15, 0.2) is 5.60 Å². The van der Waals surface area contributed by atoms with Gasteiger partial charge in [-0.2, -0.15) is 0 Å². The van der Waals surface area contributed by atoms with Crippen LogP contribution in [-0.4, -0.2) is 17.7 Å². The number of carboxylic acid groups (broad SMARTS) is 1. The van der Waals surface area contributed by atoms with Gasteiger partial charge in [-0.05, 0) is 18.4 Å². The molecule has 94 valence electrons. The Morgan fingerprint density at radius 1 is 1.24 bits per heavy atom. The molecule has 1 rings (SSSR count). The van der Waals surface area contributed by atoms with Gasteiger partial charge >= 0.3 is 5.97 Å². The first-order valence-electron chi connectivity index (χ1n) is 6.10. The fourth-order valence-corrected chi connectivity index (χ4v) is 1.93. The first kappa shape index (κ1) is 13.7. The molecule has 0 bridgehead atoms. The Labute approximate surface area is 102 Å². The second-order valence-corrected chi connectivity index (χ2v) is 4.10. The lowest BCUT2D eigenvalue weighted by molar-refractivity contribution is -0.169. The number of rotatable bonds is 7. The number of carboxylic acids is 1. The molecule has 1 atom stereocenters. The van der Waals surface area contributed by atoms with Crippen LogP contribution in [0.5, 0.6) is 0 Å². The van der Waals surface area contributed by atoms with Crippen LogP contribution in [0.15, 0.2) is 30.3 Å². The van der Waals surface area contributed by atoms with Crippen LogP contribution in [0.2, 0.25) is 0 Å². The summed E-state index contributed by atoms with van der Waals surface area (Å²) in [6.07, 6.45) is 2.07. The fourth-order valence-electron chi connectivity index (χ4n) is 1.93. The molecule has 3 heteroatoms. The zero-order valence-corrected chi connectivity index (χ0v) is 10.5. The molecule has 0 fully saturated rings. The normalized spacial score (nSPS) is 14.2. The van der Waals surface area contributed by atoms with Crippen LogP contribution in [0.4, 0.5) is 0 Å². The Kier molecular flexibility index (Phi) is 5.16. The van der Waals surface area contributed by atoms with E-state index in [1.807, 2.05) is 44.2 Å². The summed E-state index contributed by atoms with van der Waals surface area (Å²) in [6.45, 7) is 4.40. The van der Waals surface area contributed by atoms with E-state index >= 15 is 0 Å². The average Bonchev–Trinajstić information content (AvgIpc) is 2.35. The Hall–Kier alpha value is -1.35. The van der Waals surface area contributed by atoms with Crippen molar-refractivity contribution in [1.82, 2.24) is 0 Å². The summed E-state index contributed by atoms with van der Waals surface area (Å²) in [7, 11) is 0. The summed E-state index contributed by atoms with van der Waals surface area (Å²) in [5.41, 5.74) is -0.464. The minimum Gasteiger partial charge on any atom is -0.479 e. The zero-order valence-electron chi connectivity index (χ0n) is 10.5. The van der Waals surface area contributed by atoms with Crippen LogP contribution in [0.1, 0.15) is 38.7 Å². The minimum atomic E-state index is -1.19. The van der Waals surface area contributed by atoms with Gasteiger partial charge in [0.05, 0.1) is 0 Å². The molecule has 1 N–H and O–H groups in total. The first-order chi connectivity index (χ1) is 8.17. The summed E-state index contributed by atoms with van der Waals surface area (Å²) in [6, 6.07) is 9.21. The Bertz CT molecular complexity index is 348. The maximum absolute atomic E-state index is 11.6. The molecule has 0 heterocycles. The molecule has 0 aliphatic heterocycles. The molecule has 0 aliphatic rings. The molecule has 1 aromatic carbocycles. The Morgan fingerprint density at radius 2 is 1.88 bits per heavy atom. The molecule has 1 aromatic rings. The second-order valence-electron chi connectivity index (χ2n) is 4.10. The van der Waals surface area contributed by atoms with E-state index in [9.17, 15) is 9.90 Å². The van der Waals surface area contributed by atoms with E-state index in [2.05, 4.69) is 0 Å². The van der Waals surface area contributed by atoms with Crippen LogP contribution in [0, 0.1) is 0 Å². The molecule has 0 radical (unpaired) electrons. The van der Waals surface area contributed by atoms with Crippen molar-refractivity contribution in [1.29, 1.82) is 0 Å². The molecule has 1 unspecified atom stereocenters. The topological polar surface area (TPSA) is 46.5 Å². The Balaban J connectivity index is 3.10. The van der Waals surface area contributed by atoms with Gasteiger partial charge in [-0.15, -0.1) is 0 Å². The van der Waals surface area contributed by atoms with Gasteiger partial charge < -0.3 is 9.84 Å². The van der Waals surface area contributed by atoms with Crippen molar-refractivity contribution in [3.8, 4) is 0 Å². The largest absolute Gasteiger partial charge is 0.479 e. The number of carbonyl (C=O) groups is 1. The summed E-state index contributed by atoms with van der Waals surface area (Å²) >= 11 is 0. The van der Waals surface area contributed by atoms with Crippen molar-refractivity contribution in [2.45, 2.75) is 38.7 Å². The van der Waals surface area contributed by atoms with Gasteiger partial charge in [-0.3, -0.25) is 0 Å². The van der Waals surface area contributed by atoms with Crippen molar-refractivity contribution < 1.29 is 14.6 Å². The van der Waals surface area contributed by atoms with Gasteiger partial charge in [0.1, 0.15) is 0 Å². The summed E-state index contributed by atoms with van der Waals surface area (Å²) < 4.78 is 5.67. The van der Waals surface area contributed by atoms with Gasteiger partial charge in [0.2, 0.25) is 0 Å². The molecule has 0 aromatic heterocycles. The highest BCUT2D eigenvalue weighted by Crippen LogP contribution is 2.31. The molecule has 3 nitrogen and oxygen atoms in total. The fraction of sp³-hybridized carbons (Fsp3) is 0.500. The monoisotopic (exact) mass is 236 g/mol. The quantitative estimate of drug-likeness (QED) is 0.790. The van der Waals surface area contributed by atoms with Crippen LogP contribution in [0.25, 0.3) is 0 Å². The molecular weight excluding hydrogens is 216 g/mol. The smallest absolute Gasteiger partial charge is 0.340 e. The van der Waals surface area contributed by atoms with E-state index in [1.54, 1.807) is 0 Å². The first-order valence-corrected chi connectivity index (χ1v) is 6.10. The van der Waals surface area contributed by atoms with Gasteiger partial charge in [0, 0.05) is 6.61 Å². The van der Waals surface area contributed by atoms with Gasteiger partial charge in [0.25, 0.3) is 0 Å². The lowest BCUT2D eigenvalue weighted by Crippen LogP contribution is -2.39. The minimum absolute atomic E-state index is 0.460. The highest BCUT2D eigenvalue weighted by molar-refractivity contribution is 5.79. The maximum Gasteiger partial charge on any atom is 0.340 e. The summed E-state index contributed by atoms with van der Waals surface area (Å²) in [5.74, 6) is -0.904. The molecule has 0 spiro atoms. The van der Waals surface area contributed by atoms with E-state index in [0.717, 1.165) is 18.4 Å². The third-order valence-corrected chi connectivity index (χ3v) is 2.74. The van der Waals surface area contributed by atoms with Crippen molar-refractivity contribution in [3.05, 3.63) is 35.9 Å². The van der Waals surface area contributed by atoms with Crippen molar-refractivity contribution in [2.75, 3.05) is 6.61 Å². The number of aliphatic carboxylic acids is 1. The van der Waals surface area contributed by atoms with E-state index < -0.39 is 11.6 Å². The van der Waals surface area contributed by atoms with Crippen LogP contribution in [-0.2, 0) is 15.1 Å². The lowest BCUT2D eigenvalue weighted by atomic mass is 9.89. The standard InChI is InChI=1S/C14H20O3/c1-3-10-14(13(15)16,17-11-4-2)12-8-6-5-7-9-12/h5-9H,3-4,10-11H2,1-2H3,(H,15,16). The predicted molar refractivity (Wildman–Crippen MR) is 66.9 cm³/mol. The lowest BCUT2D eigenvalue weighted by Gasteiger charge is -2.29. The SMILES string of the molecule is CCCOC(CCC)(C(=O)O)c1ccccc1. The molecular formula is C14H20O3. The van der Waals surface area contributed by atoms with E-state index in [-0.39, 0.29) is 0 Å². The summed E-state index contributed by atoms with van der Waals surface area (Å²) in [5, 5.41) is 9.51. The predicted octanol–water partition coefficient (Wildman–Crippen LogP) is 3.19. The highest BCUT2D eigenvalue weighted by Gasteiger charge is 2.40. The Morgan fingerprint density at radius 3 is 2.35 bits per heavy atom. The molecule has 0 saturated heterocycles. The van der Waals surface area contributed by atoms with Crippen LogP contribution in [0.3, 0.4) is 0 Å². The molecule has 0 aliphatic carbocycles. The van der Waals surface area contributed by atoms with E-state index in [4.69, 9.17) is 4.74 Å². The maximum atomic E-state index is 11.6. The number of benzene rings is 1. The second kappa shape index (κ2) is 6.40. The number of hydrogen-bond donors (Lipinski definition) is 1. The molecule has 0 saturated carbocycles. The zero-order chi connectivity index (χ0) is 12.7. The van der Waals surface area contributed by atoms with E-state index in [1.165, 1.54) is 0 Å². The third kappa shape index (κ3) is 3.07. The van der Waals surface area contributed by atoms with Crippen molar-refractivity contribution >= 4 is 5.97 Å². The third-order valence-electron chi connectivity index (χ3n) is 2.74. The molecule has 0 amide bonds. The van der Waals surface area contributed by atoms with Crippen molar-refractivity contribution in [3.63, 3.8) is 0 Å². The number of ether oxygens (including phenoxy) is 1. The summed E-state index contributed by atoms with van der Waals surface area (Å²) in [4.78, 5) is 11.6. The number of hydrogen-bond acceptors (Lipinski definition) is 2. The van der Waals surface area contributed by atoms with Crippen LogP contribution < -0.4 is 0 Å². The highest BCUT2D eigenvalue weighted by atomic mass is 16.5. The van der Waals surface area contributed by atoms with E-state index in [0.29, 0.717) is 13.0 Å². The average molecular weight is 236 g/mol. The van der Waals surface area contributed by atoms with Crippen molar-refractivity contribution in [2.24, 2.45) is 0 Å². The van der Waals surface area contributed by atoms with Crippen LogP contribution >= 0.6 is 0 Å².